The number of nitrogens with one attached hydrogen (secondary N) is 1. The van der Waals surface area contributed by atoms with Crippen LogP contribution in [0.5, 0.6) is 0 Å². The van der Waals surface area contributed by atoms with Crippen molar-refractivity contribution in [2.75, 3.05) is 11.1 Å². The first-order valence-corrected chi connectivity index (χ1v) is 7.87. The van der Waals surface area contributed by atoms with Crippen molar-refractivity contribution in [1.29, 1.82) is 0 Å². The van der Waals surface area contributed by atoms with Gasteiger partial charge in [-0.3, -0.25) is 5.32 Å². The summed E-state index contributed by atoms with van der Waals surface area (Å²) in [6, 6.07) is 1.75. The van der Waals surface area contributed by atoms with E-state index in [4.69, 9.17) is 10.5 Å². The van der Waals surface area contributed by atoms with Crippen LogP contribution in [-0.2, 0) is 10.9 Å². The molecule has 0 atom stereocenters. The van der Waals surface area contributed by atoms with Crippen molar-refractivity contribution in [2.45, 2.75) is 32.5 Å². The molecule has 25 heavy (non-hydrogen) atoms. The van der Waals surface area contributed by atoms with Crippen LogP contribution in [0.4, 0.5) is 33.2 Å². The number of halogens is 4. The van der Waals surface area contributed by atoms with Crippen molar-refractivity contribution >= 4 is 28.2 Å². The monoisotopic (exact) mass is 377 g/mol. The minimum absolute atomic E-state index is 0.0640. The molecule has 0 saturated heterocycles. The lowest BCUT2D eigenvalue weighted by atomic mass is 10.0. The maximum atomic E-state index is 14.1. The zero-order chi connectivity index (χ0) is 19.0. The highest BCUT2D eigenvalue weighted by Crippen LogP contribution is 2.43. The van der Waals surface area contributed by atoms with Crippen LogP contribution >= 0.6 is 11.3 Å². The molecule has 2 aromatic rings. The van der Waals surface area contributed by atoms with E-state index in [-0.39, 0.29) is 10.8 Å². The van der Waals surface area contributed by atoms with E-state index in [1.807, 2.05) is 5.32 Å². The number of benzene rings is 1. The summed E-state index contributed by atoms with van der Waals surface area (Å²) in [5, 5.41) is 3.23. The van der Waals surface area contributed by atoms with E-state index in [0.717, 1.165) is 23.5 Å². The molecule has 1 aromatic heterocycles. The van der Waals surface area contributed by atoms with Gasteiger partial charge in [-0.2, -0.15) is 13.2 Å². The number of nitrogens with zero attached hydrogens (tertiary/aromatic N) is 1. The summed E-state index contributed by atoms with van der Waals surface area (Å²) < 4.78 is 59.6. The Balaban J connectivity index is 2.57. The number of hydrogen-bond donors (Lipinski definition) is 2. The number of ether oxygens (including phenoxy) is 1. The van der Waals surface area contributed by atoms with Crippen LogP contribution < -0.4 is 11.1 Å². The summed E-state index contributed by atoms with van der Waals surface area (Å²) in [7, 11) is 0. The predicted molar refractivity (Wildman–Crippen MR) is 86.8 cm³/mol. The van der Waals surface area contributed by atoms with Gasteiger partial charge in [0.15, 0.2) is 5.13 Å². The summed E-state index contributed by atoms with van der Waals surface area (Å²) in [6.07, 6.45) is -6.15. The maximum absolute atomic E-state index is 14.1. The molecule has 136 valence electrons. The third-order valence-corrected chi connectivity index (χ3v) is 3.54. The molecule has 5 nitrogen and oxygen atoms in total. The van der Waals surface area contributed by atoms with Crippen LogP contribution in [0.2, 0.25) is 0 Å². The van der Waals surface area contributed by atoms with Crippen molar-refractivity contribution in [3.8, 4) is 11.3 Å². The first-order valence-electron chi connectivity index (χ1n) is 6.99. The van der Waals surface area contributed by atoms with Gasteiger partial charge in [-0.25, -0.2) is 14.2 Å². The molecule has 0 spiro atoms. The van der Waals surface area contributed by atoms with Crippen LogP contribution in [-0.4, -0.2) is 16.7 Å². The fourth-order valence-corrected chi connectivity index (χ4v) is 2.59. The Kier molecular flexibility index (Phi) is 4.94. The molecule has 0 saturated carbocycles. The van der Waals surface area contributed by atoms with Gasteiger partial charge in [0.05, 0.1) is 16.9 Å². The Labute approximate surface area is 144 Å². The minimum Gasteiger partial charge on any atom is -0.444 e. The highest BCUT2D eigenvalue weighted by atomic mass is 32.1. The van der Waals surface area contributed by atoms with Gasteiger partial charge in [0.2, 0.25) is 0 Å². The Morgan fingerprint density at radius 2 is 1.92 bits per heavy atom. The molecule has 10 heteroatoms. The summed E-state index contributed by atoms with van der Waals surface area (Å²) in [6.45, 7) is 4.59. The molecule has 0 aliphatic carbocycles. The minimum atomic E-state index is -4.94. The van der Waals surface area contributed by atoms with Gasteiger partial charge in [0.25, 0.3) is 0 Å². The summed E-state index contributed by atoms with van der Waals surface area (Å²) >= 11 is 0.944. The molecule has 2 rings (SSSR count). The van der Waals surface area contributed by atoms with Gasteiger partial charge < -0.3 is 10.5 Å². The molecular weight excluding hydrogens is 362 g/mol. The second kappa shape index (κ2) is 6.51. The quantitative estimate of drug-likeness (QED) is 0.730. The fraction of sp³-hybridized carbons (Fsp3) is 0.333. The third kappa shape index (κ3) is 4.59. The molecule has 3 N–H and O–H groups in total. The SMILES string of the molecule is CC(C)(C)OC(=O)Nc1c(F)ccc(-c2csc(N)n2)c1C(F)(F)F. The average molecular weight is 377 g/mol. The van der Waals surface area contributed by atoms with E-state index in [1.165, 1.54) is 26.2 Å². The third-order valence-electron chi connectivity index (χ3n) is 2.86. The van der Waals surface area contributed by atoms with Crippen molar-refractivity contribution in [3.05, 3.63) is 28.9 Å². The Morgan fingerprint density at radius 1 is 1.28 bits per heavy atom. The number of anilines is 2. The number of nitrogens with two attached hydrogens (primary N) is 1. The number of thiazole rings is 1. The summed E-state index contributed by atoms with van der Waals surface area (Å²) in [5.41, 5.74) is 1.65. The van der Waals surface area contributed by atoms with Gasteiger partial charge in [-0.15, -0.1) is 11.3 Å². The smallest absolute Gasteiger partial charge is 0.419 e. The summed E-state index contributed by atoms with van der Waals surface area (Å²) in [4.78, 5) is 15.6. The lowest BCUT2D eigenvalue weighted by Crippen LogP contribution is -2.28. The van der Waals surface area contributed by atoms with Crippen molar-refractivity contribution in [2.24, 2.45) is 0 Å². The molecule has 0 aliphatic heterocycles. The number of nitrogen functional groups attached to an aromatic ring is 1. The molecule has 0 fully saturated rings. The average Bonchev–Trinajstić information content (AvgIpc) is 2.84. The number of hydrogen-bond acceptors (Lipinski definition) is 5. The molecule has 1 aromatic carbocycles. The van der Waals surface area contributed by atoms with Crippen molar-refractivity contribution < 1.29 is 27.1 Å². The zero-order valence-electron chi connectivity index (χ0n) is 13.5. The normalized spacial score (nSPS) is 12.1. The second-order valence-corrected chi connectivity index (χ2v) is 6.93. The molecule has 1 amide bonds. The van der Waals surface area contributed by atoms with Gasteiger partial charge in [0.1, 0.15) is 11.4 Å². The molecule has 0 bridgehead atoms. The van der Waals surface area contributed by atoms with Gasteiger partial charge in [0, 0.05) is 10.9 Å². The van der Waals surface area contributed by atoms with Crippen molar-refractivity contribution in [3.63, 3.8) is 0 Å². The first kappa shape index (κ1) is 19.0. The molecular formula is C15H15F4N3O2S. The van der Waals surface area contributed by atoms with E-state index in [9.17, 15) is 22.4 Å². The highest BCUT2D eigenvalue weighted by molar-refractivity contribution is 7.13. The first-order chi connectivity index (χ1) is 11.4. The number of rotatable bonds is 2. The molecule has 0 radical (unpaired) electrons. The standard InChI is InChI=1S/C15H15F4N3O2S/c1-14(2,3)24-13(23)22-11-8(16)5-4-7(10(11)15(17,18)19)9-6-25-12(20)21-9/h4-6H,1-3H3,(H2,20,21)(H,22,23). The molecule has 0 unspecified atom stereocenters. The van der Waals surface area contributed by atoms with Gasteiger partial charge in [-0.1, -0.05) is 0 Å². The predicted octanol–water partition coefficient (Wildman–Crippen LogP) is 4.90. The number of aromatic nitrogens is 1. The van der Waals surface area contributed by atoms with Crippen LogP contribution in [0.3, 0.4) is 0 Å². The lowest BCUT2D eigenvalue weighted by molar-refractivity contribution is -0.136. The number of alkyl halides is 3. The highest BCUT2D eigenvalue weighted by Gasteiger charge is 2.39. The molecule has 1 heterocycles. The Hall–Kier alpha value is -2.36. The second-order valence-electron chi connectivity index (χ2n) is 6.04. The zero-order valence-corrected chi connectivity index (χ0v) is 14.3. The van der Waals surface area contributed by atoms with E-state index in [1.54, 1.807) is 0 Å². The van der Waals surface area contributed by atoms with E-state index >= 15 is 0 Å². The largest absolute Gasteiger partial charge is 0.444 e. The number of carbonyl (C=O) groups is 1. The van der Waals surface area contributed by atoms with Crippen molar-refractivity contribution in [1.82, 2.24) is 4.98 Å². The summed E-state index contributed by atoms with van der Waals surface area (Å²) in [5.74, 6) is -1.25. The van der Waals surface area contributed by atoms with E-state index < -0.39 is 40.5 Å². The van der Waals surface area contributed by atoms with Crippen LogP contribution in [0, 0.1) is 5.82 Å². The van der Waals surface area contributed by atoms with Gasteiger partial charge >= 0.3 is 12.3 Å². The molecule has 0 aliphatic rings. The number of carbonyl (C=O) groups excluding carboxylic acids is 1. The van der Waals surface area contributed by atoms with E-state index in [0.29, 0.717) is 0 Å². The fourth-order valence-electron chi connectivity index (χ4n) is 2.02. The van der Waals surface area contributed by atoms with Crippen LogP contribution in [0.25, 0.3) is 11.3 Å². The lowest BCUT2D eigenvalue weighted by Gasteiger charge is -2.22. The van der Waals surface area contributed by atoms with Crippen LogP contribution in [0.1, 0.15) is 26.3 Å². The number of amides is 1. The van der Waals surface area contributed by atoms with Gasteiger partial charge in [-0.05, 0) is 32.9 Å². The van der Waals surface area contributed by atoms with E-state index in [2.05, 4.69) is 4.98 Å². The topological polar surface area (TPSA) is 77.2 Å². The Bertz CT molecular complexity index is 797. The van der Waals surface area contributed by atoms with Crippen LogP contribution in [0.15, 0.2) is 17.5 Å². The maximum Gasteiger partial charge on any atom is 0.419 e. The Morgan fingerprint density at radius 3 is 2.40 bits per heavy atom.